The van der Waals surface area contributed by atoms with Gasteiger partial charge in [-0.15, -0.1) is 0 Å². The van der Waals surface area contributed by atoms with Crippen molar-refractivity contribution in [1.82, 2.24) is 9.97 Å². The van der Waals surface area contributed by atoms with Gasteiger partial charge in [0, 0.05) is 34.4 Å². The summed E-state index contributed by atoms with van der Waals surface area (Å²) in [6, 6.07) is 13.1. The second kappa shape index (κ2) is 8.38. The van der Waals surface area contributed by atoms with Crippen LogP contribution in [0.25, 0.3) is 22.4 Å². The van der Waals surface area contributed by atoms with Crippen molar-refractivity contribution < 1.29 is 18.0 Å². The first kappa shape index (κ1) is 20.7. The largest absolute Gasteiger partial charge is 0.351 e. The molecule has 0 atom stereocenters. The van der Waals surface area contributed by atoms with Crippen LogP contribution in [0.15, 0.2) is 67.1 Å². The van der Waals surface area contributed by atoms with Crippen LogP contribution in [0.5, 0.6) is 0 Å². The van der Waals surface area contributed by atoms with E-state index in [1.54, 1.807) is 12.4 Å². The maximum Gasteiger partial charge on any atom is 0.345 e. The lowest BCUT2D eigenvalue weighted by Gasteiger charge is -2.10. The number of nitrogens with one attached hydrogen (secondary N) is 2. The van der Waals surface area contributed by atoms with Crippen molar-refractivity contribution in [3.05, 3.63) is 100 Å². The number of aromatic nitrogens is 3. The van der Waals surface area contributed by atoms with Gasteiger partial charge in [0.25, 0.3) is 0 Å². The number of halogens is 2. The summed E-state index contributed by atoms with van der Waals surface area (Å²) in [6.07, 6.45) is 6.82. The van der Waals surface area contributed by atoms with E-state index in [0.717, 1.165) is 47.2 Å². The fraction of sp³-hybridized carbons (Fsp3) is 0.120. The Labute approximate surface area is 187 Å². The molecular weight excluding hydrogens is 426 g/mol. The van der Waals surface area contributed by atoms with Crippen LogP contribution in [0.4, 0.5) is 14.6 Å². The minimum atomic E-state index is -1.03. The molecule has 8 heteroatoms. The number of H-pyrrole nitrogens is 1. The third kappa shape index (κ3) is 3.80. The molecule has 0 aliphatic heterocycles. The number of pyridine rings is 1. The first-order chi connectivity index (χ1) is 16.0. The quantitative estimate of drug-likeness (QED) is 0.450. The predicted octanol–water partition coefficient (Wildman–Crippen LogP) is 4.68. The Hall–Kier alpha value is -4.20. The summed E-state index contributed by atoms with van der Waals surface area (Å²) in [4.78, 5) is 32.9. The van der Waals surface area contributed by atoms with Crippen LogP contribution in [0, 0.1) is 16.5 Å². The van der Waals surface area contributed by atoms with Gasteiger partial charge < -0.3 is 4.98 Å². The smallest absolute Gasteiger partial charge is 0.345 e. The zero-order valence-corrected chi connectivity index (χ0v) is 17.4. The number of anilines is 1. The SMILES string of the molecule is O=C(Nc1c[nH]c2c([n+]1=O)CCCc1ccc(-c3cccnc3)cc1-2)c1c(F)cccc1F. The standard InChI is InChI=1S/C25H18F2N4O2/c26-19-6-2-7-20(27)23(19)25(32)30-22-14-29-24-18-12-16(17-5-3-11-28-13-17)10-9-15(18)4-1-8-21(24)31(22)33/h2-3,5-7,9-14H,1,4,8H2,(H-,29,30,32,33)/p+1. The second-order valence-electron chi connectivity index (χ2n) is 7.81. The molecule has 2 aromatic carbocycles. The van der Waals surface area contributed by atoms with Gasteiger partial charge in [-0.1, -0.05) is 29.2 Å². The predicted molar refractivity (Wildman–Crippen MR) is 119 cm³/mol. The maximum atomic E-state index is 14.0. The lowest BCUT2D eigenvalue weighted by molar-refractivity contribution is -0.488. The average Bonchev–Trinajstić information content (AvgIpc) is 3.01. The Balaban J connectivity index is 1.55. The second-order valence-corrected chi connectivity index (χ2v) is 7.81. The van der Waals surface area contributed by atoms with E-state index in [2.05, 4.69) is 15.3 Å². The fourth-order valence-electron chi connectivity index (χ4n) is 4.16. The summed E-state index contributed by atoms with van der Waals surface area (Å²) in [6.45, 7) is 0. The lowest BCUT2D eigenvalue weighted by atomic mass is 9.97. The summed E-state index contributed by atoms with van der Waals surface area (Å²) in [5.41, 5.74) is 4.28. The van der Waals surface area contributed by atoms with Gasteiger partial charge in [-0.3, -0.25) is 4.98 Å². The molecule has 0 saturated carbocycles. The Morgan fingerprint density at radius 1 is 1.03 bits per heavy atom. The van der Waals surface area contributed by atoms with Crippen molar-refractivity contribution in [1.29, 1.82) is 0 Å². The summed E-state index contributed by atoms with van der Waals surface area (Å²) in [5.74, 6) is -3.16. The number of nitrogens with zero attached hydrogens (tertiary/aromatic N) is 2. The van der Waals surface area contributed by atoms with Crippen molar-refractivity contribution in [2.75, 3.05) is 5.32 Å². The van der Waals surface area contributed by atoms with E-state index >= 15 is 0 Å². The fourth-order valence-corrected chi connectivity index (χ4v) is 4.16. The number of aromatic amines is 1. The number of fused-ring (bicyclic) bond motifs is 3. The van der Waals surface area contributed by atoms with Crippen LogP contribution < -0.4 is 9.74 Å². The summed E-state index contributed by atoms with van der Waals surface area (Å²) in [7, 11) is 0. The monoisotopic (exact) mass is 445 g/mol. The molecule has 33 heavy (non-hydrogen) atoms. The molecule has 2 N–H and O–H groups in total. The first-order valence-corrected chi connectivity index (χ1v) is 10.5. The van der Waals surface area contributed by atoms with E-state index in [1.165, 1.54) is 12.3 Å². The molecule has 0 spiro atoms. The Kier molecular flexibility index (Phi) is 5.26. The molecule has 0 unspecified atom stereocenters. The number of carbonyl (C=O) groups excluding carboxylic acids is 1. The van der Waals surface area contributed by atoms with Crippen LogP contribution in [0.1, 0.15) is 28.0 Å². The van der Waals surface area contributed by atoms with Gasteiger partial charge in [-0.25, -0.2) is 18.9 Å². The summed E-state index contributed by atoms with van der Waals surface area (Å²) < 4.78 is 28.6. The van der Waals surface area contributed by atoms with Gasteiger partial charge >= 0.3 is 11.7 Å². The molecule has 1 aliphatic carbocycles. The molecule has 164 valence electrons. The molecule has 6 nitrogen and oxygen atoms in total. The minimum Gasteiger partial charge on any atom is -0.351 e. The highest BCUT2D eigenvalue weighted by molar-refractivity contribution is 6.03. The van der Waals surface area contributed by atoms with Crippen LogP contribution in [0.3, 0.4) is 0 Å². The Bertz CT molecular complexity index is 1410. The van der Waals surface area contributed by atoms with Crippen molar-refractivity contribution in [3.63, 3.8) is 0 Å². The van der Waals surface area contributed by atoms with Crippen molar-refractivity contribution in [2.45, 2.75) is 19.3 Å². The van der Waals surface area contributed by atoms with E-state index < -0.39 is 23.1 Å². The normalized spacial score (nSPS) is 12.4. The molecule has 2 aromatic heterocycles. The van der Waals surface area contributed by atoms with Gasteiger partial charge in [-0.05, 0) is 48.2 Å². The highest BCUT2D eigenvalue weighted by atomic mass is 19.1. The van der Waals surface area contributed by atoms with Crippen LogP contribution in [-0.4, -0.2) is 15.9 Å². The third-order valence-electron chi connectivity index (χ3n) is 5.77. The minimum absolute atomic E-state index is 0.131. The molecule has 0 fully saturated rings. The van der Waals surface area contributed by atoms with E-state index in [9.17, 15) is 18.5 Å². The number of aryl methyl sites for hydroxylation is 1. The third-order valence-corrected chi connectivity index (χ3v) is 5.77. The Morgan fingerprint density at radius 2 is 1.85 bits per heavy atom. The number of benzene rings is 2. The van der Waals surface area contributed by atoms with Crippen LogP contribution in [-0.2, 0) is 12.8 Å². The number of carbonyl (C=O) groups is 1. The summed E-state index contributed by atoms with van der Waals surface area (Å²) >= 11 is 0. The molecule has 2 heterocycles. The molecule has 4 aromatic rings. The van der Waals surface area contributed by atoms with Crippen LogP contribution >= 0.6 is 0 Å². The zero-order valence-electron chi connectivity index (χ0n) is 17.4. The molecule has 1 aliphatic rings. The average molecular weight is 445 g/mol. The highest BCUT2D eigenvalue weighted by Gasteiger charge is 2.27. The molecule has 0 bridgehead atoms. The number of hydrogen-bond acceptors (Lipinski definition) is 3. The van der Waals surface area contributed by atoms with Crippen molar-refractivity contribution >= 4 is 11.7 Å². The lowest BCUT2D eigenvalue weighted by Crippen LogP contribution is -2.30. The zero-order chi connectivity index (χ0) is 22.9. The molecule has 5 rings (SSSR count). The van der Waals surface area contributed by atoms with E-state index in [4.69, 9.17) is 0 Å². The number of rotatable bonds is 3. The van der Waals surface area contributed by atoms with Gasteiger partial charge in [0.1, 0.15) is 17.2 Å². The number of hydrogen-bond donors (Lipinski definition) is 2. The Morgan fingerprint density at radius 3 is 2.61 bits per heavy atom. The summed E-state index contributed by atoms with van der Waals surface area (Å²) in [5, 5.41) is 2.33. The molecule has 0 radical (unpaired) electrons. The molecule has 1 amide bonds. The van der Waals surface area contributed by atoms with Crippen LogP contribution in [0.2, 0.25) is 0 Å². The van der Waals surface area contributed by atoms with Gasteiger partial charge in [0.15, 0.2) is 5.69 Å². The molecular formula is C25H19F2N4O2+. The van der Waals surface area contributed by atoms with Crippen molar-refractivity contribution in [2.24, 2.45) is 0 Å². The van der Waals surface area contributed by atoms with Crippen molar-refractivity contribution in [3.8, 4) is 22.4 Å². The number of amides is 1. The van der Waals surface area contributed by atoms with E-state index in [-0.39, 0.29) is 5.82 Å². The highest BCUT2D eigenvalue weighted by Crippen LogP contribution is 2.33. The van der Waals surface area contributed by atoms with Gasteiger partial charge in [-0.2, -0.15) is 0 Å². The van der Waals surface area contributed by atoms with E-state index in [1.807, 2.05) is 30.3 Å². The van der Waals surface area contributed by atoms with E-state index in [0.29, 0.717) is 22.2 Å². The first-order valence-electron chi connectivity index (χ1n) is 10.5. The maximum absolute atomic E-state index is 14.0. The van der Waals surface area contributed by atoms with Gasteiger partial charge in [0.2, 0.25) is 0 Å². The topological polar surface area (TPSA) is 80.8 Å². The molecule has 0 saturated heterocycles. The van der Waals surface area contributed by atoms with Gasteiger partial charge in [0.05, 0.1) is 11.9 Å².